The van der Waals surface area contributed by atoms with Crippen molar-refractivity contribution in [2.45, 2.75) is 6.54 Å². The van der Waals surface area contributed by atoms with Gasteiger partial charge in [0.15, 0.2) is 0 Å². The number of benzene rings is 2. The van der Waals surface area contributed by atoms with Crippen LogP contribution in [-0.4, -0.2) is 5.11 Å². The van der Waals surface area contributed by atoms with Gasteiger partial charge in [-0.25, -0.2) is 5.52 Å². The molecule has 0 atom stereocenters. The molecule has 0 spiro atoms. The Bertz CT molecular complexity index is 511. The number of phenols is 1. The average Bonchev–Trinajstić information content (AvgIpc) is 2.26. The Hall–Kier alpha value is -1.90. The minimum atomic E-state index is 0.279. The smallest absolute Gasteiger partial charge is 0.213 e. The van der Waals surface area contributed by atoms with Gasteiger partial charge < -0.3 is 5.11 Å². The topological polar surface area (TPSA) is 56.4 Å². The zero-order valence-electron chi connectivity index (χ0n) is 8.51. The molecule has 0 heterocycles. The van der Waals surface area contributed by atoms with Crippen molar-refractivity contribution in [3.8, 4) is 5.75 Å². The second-order valence-corrected chi connectivity index (χ2v) is 3.13. The van der Waals surface area contributed by atoms with Gasteiger partial charge in [0.1, 0.15) is 5.75 Å². The van der Waals surface area contributed by atoms with Gasteiger partial charge in [0.2, 0.25) is 1.41 Å². The van der Waals surface area contributed by atoms with Crippen LogP contribution in [0.2, 0.25) is 1.41 Å². The first-order valence-electron chi connectivity index (χ1n) is 4.77. The first-order chi connectivity index (χ1) is 7.31. The molecule has 0 saturated heterocycles. The Morgan fingerprint density at radius 2 is 2.29 bits per heavy atom. The number of fused-ring (bicyclic) bond motifs is 1. The van der Waals surface area contributed by atoms with Gasteiger partial charge in [0.25, 0.3) is 0 Å². The number of hydrogen-bond donors (Lipinski definition) is 2. The fraction of sp³-hybridized carbons (Fsp3) is 0.0909. The minimum absolute atomic E-state index is 0.279. The zero-order chi connectivity index (χ0) is 10.7. The largest absolute Gasteiger partial charge is 0.507 e. The van der Waals surface area contributed by atoms with E-state index in [9.17, 15) is 5.11 Å². The summed E-state index contributed by atoms with van der Waals surface area (Å²) in [6.07, 6.45) is 0. The Labute approximate surface area is 83.0 Å². The Balaban J connectivity index is 2.47. The van der Waals surface area contributed by atoms with Crippen LogP contribution in [0.25, 0.3) is 10.8 Å². The molecule has 0 radical (unpaired) electrons. The third kappa shape index (κ3) is 1.44. The van der Waals surface area contributed by atoms with Gasteiger partial charge in [0, 0.05) is 5.39 Å². The summed E-state index contributed by atoms with van der Waals surface area (Å²) in [6, 6.07) is 11.0. The van der Waals surface area contributed by atoms with Gasteiger partial charge in [0.05, 0.1) is 6.54 Å². The molecule has 0 unspecified atom stereocenters. The summed E-state index contributed by atoms with van der Waals surface area (Å²) in [5.74, 6) is 0.279. The van der Waals surface area contributed by atoms with E-state index in [1.165, 1.54) is 0 Å². The highest BCUT2D eigenvalue weighted by atomic mass is 16.3. The quantitative estimate of drug-likeness (QED) is 0.697. The minimum Gasteiger partial charge on any atom is -0.507 e. The molecule has 0 aromatic heterocycles. The zero-order valence-corrected chi connectivity index (χ0v) is 7.51. The molecule has 2 aromatic carbocycles. The van der Waals surface area contributed by atoms with E-state index in [4.69, 9.17) is 1.41 Å². The number of nitrogens with zero attached hydrogens (tertiary/aromatic N) is 1. The van der Waals surface area contributed by atoms with Gasteiger partial charge in [-0.15, -0.1) is 0 Å². The summed E-state index contributed by atoms with van der Waals surface area (Å²) >= 11 is 0. The van der Waals surface area contributed by atoms with Gasteiger partial charge in [-0.3, -0.25) is 0 Å². The second kappa shape index (κ2) is 3.46. The molecule has 3 heteroatoms. The van der Waals surface area contributed by atoms with Crippen LogP contribution in [0.5, 0.6) is 5.75 Å². The summed E-state index contributed by atoms with van der Waals surface area (Å²) in [4.78, 5) is 0. The van der Waals surface area contributed by atoms with Crippen LogP contribution >= 0.6 is 0 Å². The summed E-state index contributed by atoms with van der Waals surface area (Å²) in [5.41, 5.74) is 3.93. The SMILES string of the molecule is [2H]N=NCc1ccc2c(O)cccc2c1. The third-order valence-electron chi connectivity index (χ3n) is 2.18. The van der Waals surface area contributed by atoms with E-state index in [0.717, 1.165) is 16.3 Å². The van der Waals surface area contributed by atoms with E-state index < -0.39 is 0 Å². The molecule has 0 bridgehead atoms. The van der Waals surface area contributed by atoms with E-state index in [0.29, 0.717) is 6.54 Å². The molecule has 0 aliphatic heterocycles. The highest BCUT2D eigenvalue weighted by molar-refractivity contribution is 5.88. The molecule has 0 amide bonds. The van der Waals surface area contributed by atoms with Crippen LogP contribution in [-0.2, 0) is 6.54 Å². The number of rotatable bonds is 2. The second-order valence-electron chi connectivity index (χ2n) is 3.13. The van der Waals surface area contributed by atoms with Crippen molar-refractivity contribution in [1.82, 2.24) is 0 Å². The predicted molar refractivity (Wildman–Crippen MR) is 54.5 cm³/mol. The fourth-order valence-electron chi connectivity index (χ4n) is 1.50. The third-order valence-corrected chi connectivity index (χ3v) is 2.18. The van der Waals surface area contributed by atoms with Gasteiger partial charge in [-0.05, 0) is 23.1 Å². The van der Waals surface area contributed by atoms with Crippen LogP contribution < -0.4 is 0 Å². The molecule has 70 valence electrons. The normalized spacial score (nSPS) is 12.1. The average molecular weight is 187 g/mol. The van der Waals surface area contributed by atoms with Crippen molar-refractivity contribution in [3.63, 3.8) is 0 Å². The maximum absolute atomic E-state index is 9.57. The number of nitrogens with one attached hydrogen (secondary N) is 1. The lowest BCUT2D eigenvalue weighted by molar-refractivity contribution is 0.481. The molecule has 2 rings (SSSR count). The van der Waals surface area contributed by atoms with E-state index in [1.54, 1.807) is 12.1 Å². The lowest BCUT2D eigenvalue weighted by Gasteiger charge is -2.02. The van der Waals surface area contributed by atoms with Gasteiger partial charge in [-0.2, -0.15) is 5.11 Å². The molecule has 3 nitrogen and oxygen atoms in total. The summed E-state index contributed by atoms with van der Waals surface area (Å²) in [7, 11) is 0. The van der Waals surface area contributed by atoms with E-state index in [-0.39, 0.29) is 5.75 Å². The maximum atomic E-state index is 9.57. The maximum Gasteiger partial charge on any atom is 0.213 e. The lowest BCUT2D eigenvalue weighted by atomic mass is 10.1. The summed E-state index contributed by atoms with van der Waals surface area (Å²) in [6.45, 7) is 0.398. The molecule has 0 aliphatic carbocycles. The van der Waals surface area contributed by atoms with Crippen LogP contribution in [0.1, 0.15) is 5.56 Å². The number of phenolic OH excluding ortho intramolecular Hbond substituents is 1. The molecule has 2 aromatic rings. The van der Waals surface area contributed by atoms with E-state index >= 15 is 0 Å². The predicted octanol–water partition coefficient (Wildman–Crippen LogP) is 3.08. The molecule has 0 saturated carbocycles. The first-order valence-corrected chi connectivity index (χ1v) is 4.33. The van der Waals surface area contributed by atoms with Crippen LogP contribution in [0.3, 0.4) is 0 Å². The van der Waals surface area contributed by atoms with Gasteiger partial charge >= 0.3 is 0 Å². The molecule has 0 aliphatic rings. The van der Waals surface area contributed by atoms with Crippen LogP contribution in [0, 0.1) is 5.52 Å². The van der Waals surface area contributed by atoms with Gasteiger partial charge in [-0.1, -0.05) is 24.3 Å². The first kappa shape index (κ1) is 7.50. The van der Waals surface area contributed by atoms with Crippen molar-refractivity contribution in [2.24, 2.45) is 5.11 Å². The van der Waals surface area contributed by atoms with E-state index in [2.05, 4.69) is 10.6 Å². The summed E-state index contributed by atoms with van der Waals surface area (Å²) < 4.78 is 6.57. The highest BCUT2D eigenvalue weighted by Gasteiger charge is 1.99. The Morgan fingerprint density at radius 3 is 3.14 bits per heavy atom. The molecule has 14 heavy (non-hydrogen) atoms. The Morgan fingerprint density at radius 1 is 1.36 bits per heavy atom. The number of aromatic hydroxyl groups is 1. The molecular formula is C11H10N2O. The fourth-order valence-corrected chi connectivity index (χ4v) is 1.50. The summed E-state index contributed by atoms with van der Waals surface area (Å²) in [5, 5.41) is 15.0. The van der Waals surface area contributed by atoms with Crippen LogP contribution in [0.4, 0.5) is 0 Å². The van der Waals surface area contributed by atoms with Crippen molar-refractivity contribution < 1.29 is 6.52 Å². The van der Waals surface area contributed by atoms with Crippen molar-refractivity contribution >= 4 is 10.8 Å². The number of hydrogen-bond acceptors (Lipinski definition) is 3. The molecular weight excluding hydrogens is 176 g/mol. The van der Waals surface area contributed by atoms with Crippen LogP contribution in [0.15, 0.2) is 41.5 Å². The standard InChI is InChI=1S/C11H10N2O/c12-13-7-8-4-5-10-9(6-8)2-1-3-11(10)14/h1-6,12,14H,7H2/i/hD. The van der Waals surface area contributed by atoms with Crippen molar-refractivity contribution in [1.29, 1.82) is 5.52 Å². The van der Waals surface area contributed by atoms with Crippen molar-refractivity contribution in [2.75, 3.05) is 0 Å². The van der Waals surface area contributed by atoms with Crippen molar-refractivity contribution in [3.05, 3.63) is 42.0 Å². The van der Waals surface area contributed by atoms with E-state index in [1.807, 2.05) is 24.3 Å². The lowest BCUT2D eigenvalue weighted by Crippen LogP contribution is -1.81. The highest BCUT2D eigenvalue weighted by Crippen LogP contribution is 2.25. The molecule has 0 fully saturated rings. The Kier molecular flexibility index (Phi) is 1.85. The monoisotopic (exact) mass is 187 g/mol. The molecule has 2 N–H and O–H groups in total.